The Bertz CT molecular complexity index is 1370. The van der Waals surface area contributed by atoms with Gasteiger partial charge in [0.05, 0.1) is 11.4 Å². The van der Waals surface area contributed by atoms with E-state index in [0.29, 0.717) is 11.2 Å². The third-order valence-corrected chi connectivity index (χ3v) is 4.60. The summed E-state index contributed by atoms with van der Waals surface area (Å²) in [6.45, 7) is 0. The maximum absolute atomic E-state index is 10.2. The standard InChI is InChI=1S/C22H15N5O/c28-22-18(16-2-1-9-24-21(16)25-22)12-15-3-5-17-19(26-27-20(17)13-15)6-4-14-7-10-23-11-8-14/h1-13,28H,(H,24,25)/b6-4+,15-12+. The van der Waals surface area contributed by atoms with Crippen LogP contribution in [-0.2, 0) is 0 Å². The number of hydrogen-bond donors (Lipinski definition) is 2. The maximum atomic E-state index is 10.2. The van der Waals surface area contributed by atoms with Crippen LogP contribution >= 0.6 is 0 Å². The molecule has 0 bridgehead atoms. The van der Waals surface area contributed by atoms with E-state index in [1.54, 1.807) is 18.6 Å². The van der Waals surface area contributed by atoms with Gasteiger partial charge in [0.2, 0.25) is 0 Å². The van der Waals surface area contributed by atoms with Crippen molar-refractivity contribution in [1.82, 2.24) is 15.0 Å². The molecule has 1 aliphatic heterocycles. The van der Waals surface area contributed by atoms with Crippen molar-refractivity contribution in [3.05, 3.63) is 88.7 Å². The Morgan fingerprint density at radius 1 is 0.929 bits per heavy atom. The molecule has 0 saturated carbocycles. The molecule has 28 heavy (non-hydrogen) atoms. The number of aromatic nitrogens is 3. The maximum Gasteiger partial charge on any atom is 0.198 e. The van der Waals surface area contributed by atoms with Gasteiger partial charge in [0, 0.05) is 34.8 Å². The van der Waals surface area contributed by atoms with Gasteiger partial charge in [0.15, 0.2) is 5.88 Å². The molecule has 4 aromatic rings. The van der Waals surface area contributed by atoms with E-state index < -0.39 is 0 Å². The van der Waals surface area contributed by atoms with Crippen molar-refractivity contribution in [2.24, 2.45) is 10.2 Å². The molecule has 6 nitrogen and oxygen atoms in total. The zero-order valence-corrected chi connectivity index (χ0v) is 14.7. The minimum absolute atomic E-state index is 0.100. The molecule has 0 amide bonds. The van der Waals surface area contributed by atoms with E-state index in [2.05, 4.69) is 25.2 Å². The first-order chi connectivity index (χ1) is 13.8. The van der Waals surface area contributed by atoms with Gasteiger partial charge in [-0.3, -0.25) is 4.98 Å². The second-order valence-electron chi connectivity index (χ2n) is 6.41. The summed E-state index contributed by atoms with van der Waals surface area (Å²) in [5, 5.41) is 21.6. The fourth-order valence-electron chi connectivity index (χ4n) is 3.21. The SMILES string of the molecule is Oc1[nH]c2ncccc2c1/C=c1\ccc2c(c1)N=NC=2/C=C/c1ccncc1. The number of nitrogens with zero attached hydrogens (tertiary/aromatic N) is 4. The number of rotatable bonds is 3. The smallest absolute Gasteiger partial charge is 0.198 e. The normalized spacial score (nSPS) is 13.7. The summed E-state index contributed by atoms with van der Waals surface area (Å²) < 4.78 is 0. The molecule has 0 fully saturated rings. The minimum Gasteiger partial charge on any atom is -0.494 e. The number of benzene rings is 1. The molecule has 1 aliphatic rings. The van der Waals surface area contributed by atoms with Crippen LogP contribution in [0.15, 0.2) is 77.4 Å². The Morgan fingerprint density at radius 3 is 2.71 bits per heavy atom. The summed E-state index contributed by atoms with van der Waals surface area (Å²) in [5.74, 6) is 0.100. The van der Waals surface area contributed by atoms with Gasteiger partial charge < -0.3 is 10.1 Å². The molecule has 1 aromatic carbocycles. The first-order valence-electron chi connectivity index (χ1n) is 8.79. The molecule has 0 saturated heterocycles. The third kappa shape index (κ3) is 2.87. The van der Waals surface area contributed by atoms with Crippen molar-refractivity contribution in [2.45, 2.75) is 0 Å². The van der Waals surface area contributed by atoms with E-state index in [9.17, 15) is 5.11 Å². The quantitative estimate of drug-likeness (QED) is 0.583. The summed E-state index contributed by atoms with van der Waals surface area (Å²) in [4.78, 5) is 11.1. The van der Waals surface area contributed by atoms with Crippen molar-refractivity contribution in [3.8, 4) is 5.88 Å². The molecule has 4 heterocycles. The van der Waals surface area contributed by atoms with Crippen LogP contribution in [0.1, 0.15) is 11.1 Å². The van der Waals surface area contributed by atoms with E-state index in [4.69, 9.17) is 0 Å². The van der Waals surface area contributed by atoms with Gasteiger partial charge in [-0.1, -0.05) is 12.1 Å². The summed E-state index contributed by atoms with van der Waals surface area (Å²) in [7, 11) is 0. The highest BCUT2D eigenvalue weighted by atomic mass is 16.3. The number of hydrogen-bond acceptors (Lipinski definition) is 5. The summed E-state index contributed by atoms with van der Waals surface area (Å²) in [6.07, 6.45) is 11.1. The summed E-state index contributed by atoms with van der Waals surface area (Å²) in [5.41, 5.74) is 4.04. The van der Waals surface area contributed by atoms with Crippen LogP contribution in [0.2, 0.25) is 0 Å². The Morgan fingerprint density at radius 2 is 1.82 bits per heavy atom. The molecule has 6 heteroatoms. The van der Waals surface area contributed by atoms with Crippen molar-refractivity contribution in [3.63, 3.8) is 0 Å². The average Bonchev–Trinajstić information content (AvgIpc) is 3.28. The Kier molecular flexibility index (Phi) is 3.80. The number of H-pyrrole nitrogens is 1. The zero-order chi connectivity index (χ0) is 18.9. The molecule has 2 N–H and O–H groups in total. The predicted octanol–water partition coefficient (Wildman–Crippen LogP) is 3.41. The number of aromatic hydroxyl groups is 1. The van der Waals surface area contributed by atoms with E-state index in [0.717, 1.165) is 32.8 Å². The second kappa shape index (κ2) is 6.59. The monoisotopic (exact) mass is 365 g/mol. The molecule has 0 spiro atoms. The molecular formula is C22H15N5O. The molecule has 0 radical (unpaired) electrons. The highest BCUT2D eigenvalue weighted by Gasteiger charge is 2.10. The van der Waals surface area contributed by atoms with Gasteiger partial charge in [-0.15, -0.1) is 10.2 Å². The van der Waals surface area contributed by atoms with Crippen LogP contribution in [-0.4, -0.2) is 20.1 Å². The first-order valence-corrected chi connectivity index (χ1v) is 8.79. The van der Waals surface area contributed by atoms with Gasteiger partial charge in [-0.25, -0.2) is 4.98 Å². The minimum atomic E-state index is 0.100. The predicted molar refractivity (Wildman–Crippen MR) is 108 cm³/mol. The van der Waals surface area contributed by atoms with Crippen LogP contribution in [0.25, 0.3) is 28.9 Å². The third-order valence-electron chi connectivity index (χ3n) is 4.60. The Labute approximate surface area is 160 Å². The lowest BCUT2D eigenvalue weighted by Crippen LogP contribution is -2.08. The number of pyridine rings is 2. The van der Waals surface area contributed by atoms with Crippen LogP contribution < -0.4 is 10.4 Å². The lowest BCUT2D eigenvalue weighted by Gasteiger charge is -1.94. The topological polar surface area (TPSA) is 86.5 Å². The molecule has 0 aliphatic carbocycles. The van der Waals surface area contributed by atoms with E-state index in [1.165, 1.54) is 0 Å². The van der Waals surface area contributed by atoms with E-state index in [1.807, 2.05) is 60.7 Å². The highest BCUT2D eigenvalue weighted by Crippen LogP contribution is 2.26. The lowest BCUT2D eigenvalue weighted by atomic mass is 10.1. The van der Waals surface area contributed by atoms with Crippen molar-refractivity contribution in [1.29, 1.82) is 0 Å². The van der Waals surface area contributed by atoms with E-state index >= 15 is 0 Å². The summed E-state index contributed by atoms with van der Waals surface area (Å²) >= 11 is 0. The molecule has 0 unspecified atom stereocenters. The molecule has 3 aromatic heterocycles. The van der Waals surface area contributed by atoms with Gasteiger partial charge in [-0.05, 0) is 59.3 Å². The zero-order valence-electron chi connectivity index (χ0n) is 14.7. The van der Waals surface area contributed by atoms with Crippen molar-refractivity contribution in [2.75, 3.05) is 0 Å². The molecule has 5 rings (SSSR count). The number of azo groups is 1. The fraction of sp³-hybridized carbons (Fsp3) is 0. The van der Waals surface area contributed by atoms with Gasteiger partial charge in [0.1, 0.15) is 5.65 Å². The lowest BCUT2D eigenvalue weighted by molar-refractivity contribution is 0.457. The Balaban J connectivity index is 1.56. The molecule has 134 valence electrons. The molecular weight excluding hydrogens is 350 g/mol. The number of aromatic amines is 1. The van der Waals surface area contributed by atoms with Gasteiger partial charge in [0.25, 0.3) is 0 Å². The largest absolute Gasteiger partial charge is 0.494 e. The number of fused-ring (bicyclic) bond motifs is 2. The first kappa shape index (κ1) is 16.1. The van der Waals surface area contributed by atoms with Crippen molar-refractivity contribution < 1.29 is 5.11 Å². The van der Waals surface area contributed by atoms with Crippen molar-refractivity contribution >= 4 is 34.6 Å². The van der Waals surface area contributed by atoms with E-state index in [-0.39, 0.29) is 5.88 Å². The fourth-order valence-corrected chi connectivity index (χ4v) is 3.21. The van der Waals surface area contributed by atoms with Gasteiger partial charge in [-0.2, -0.15) is 0 Å². The van der Waals surface area contributed by atoms with Crippen LogP contribution in [0.3, 0.4) is 0 Å². The van der Waals surface area contributed by atoms with Crippen LogP contribution in [0.5, 0.6) is 5.88 Å². The molecule has 0 atom stereocenters. The number of nitrogens with one attached hydrogen (secondary N) is 1. The van der Waals surface area contributed by atoms with Gasteiger partial charge >= 0.3 is 0 Å². The average molecular weight is 365 g/mol. The second-order valence-corrected chi connectivity index (χ2v) is 6.41. The summed E-state index contributed by atoms with van der Waals surface area (Å²) in [6, 6.07) is 13.6. The van der Waals surface area contributed by atoms with Crippen LogP contribution in [0, 0.1) is 0 Å². The van der Waals surface area contributed by atoms with Crippen LogP contribution in [0.4, 0.5) is 5.69 Å². The highest BCUT2D eigenvalue weighted by molar-refractivity contribution is 5.89. The Hall–Kier alpha value is -4.06.